The highest BCUT2D eigenvalue weighted by atomic mass is 19.3. The average molecular weight is 237 g/mol. The maximum atomic E-state index is 12.1. The molecule has 0 radical (unpaired) electrons. The first-order chi connectivity index (χ1) is 7.26. The number of alkyl halides is 2. The number of carbonyl (C=O) groups is 2. The van der Waals surface area contributed by atoms with Gasteiger partial charge in [-0.15, -0.1) is 0 Å². The molecule has 1 amide bonds. The zero-order valence-corrected chi connectivity index (χ0v) is 9.63. The van der Waals surface area contributed by atoms with E-state index in [2.05, 4.69) is 5.32 Å². The first kappa shape index (κ1) is 14.8. The van der Waals surface area contributed by atoms with Crippen LogP contribution < -0.4 is 5.32 Å². The van der Waals surface area contributed by atoms with Gasteiger partial charge in [0.2, 0.25) is 6.43 Å². The summed E-state index contributed by atoms with van der Waals surface area (Å²) in [6, 6.07) is 0. The Morgan fingerprint density at radius 1 is 1.44 bits per heavy atom. The normalized spacial score (nSPS) is 13.4. The molecule has 0 aliphatic heterocycles. The maximum absolute atomic E-state index is 12.1. The van der Waals surface area contributed by atoms with Gasteiger partial charge in [0.25, 0.3) is 0 Å². The van der Waals surface area contributed by atoms with E-state index < -0.39 is 24.0 Å². The number of carbonyl (C=O) groups excluding carboxylic acids is 2. The standard InChI is InChI=1S/C10H17F2NO3/c1-10(2,3)16-9(15)13-5-4-7(6-14)8(11)12/h6-8H,4-5H2,1-3H3,(H,13,15). The van der Waals surface area contributed by atoms with E-state index in [0.29, 0.717) is 0 Å². The summed E-state index contributed by atoms with van der Waals surface area (Å²) < 4.78 is 29.1. The van der Waals surface area contributed by atoms with Gasteiger partial charge in [-0.2, -0.15) is 0 Å². The molecule has 0 aliphatic rings. The molecular formula is C10H17F2NO3. The number of hydrogen-bond donors (Lipinski definition) is 1. The summed E-state index contributed by atoms with van der Waals surface area (Å²) in [5.74, 6) is -1.34. The molecule has 1 N–H and O–H groups in total. The number of halogens is 2. The first-order valence-electron chi connectivity index (χ1n) is 4.96. The van der Waals surface area contributed by atoms with Crippen molar-refractivity contribution in [1.29, 1.82) is 0 Å². The van der Waals surface area contributed by atoms with Crippen LogP contribution in [-0.2, 0) is 9.53 Å². The van der Waals surface area contributed by atoms with E-state index in [0.717, 1.165) is 0 Å². The molecule has 1 unspecified atom stereocenters. The molecule has 0 saturated heterocycles. The van der Waals surface area contributed by atoms with Crippen molar-refractivity contribution in [3.8, 4) is 0 Å². The van der Waals surface area contributed by atoms with Crippen molar-refractivity contribution in [3.63, 3.8) is 0 Å². The van der Waals surface area contributed by atoms with Crippen LogP contribution in [0.4, 0.5) is 13.6 Å². The average Bonchev–Trinajstić information content (AvgIpc) is 2.08. The SMILES string of the molecule is CC(C)(C)OC(=O)NCCC(C=O)C(F)F. The van der Waals surface area contributed by atoms with Crippen LogP contribution in [0.25, 0.3) is 0 Å². The molecule has 6 heteroatoms. The van der Waals surface area contributed by atoms with Crippen LogP contribution in [0.15, 0.2) is 0 Å². The van der Waals surface area contributed by atoms with Crippen LogP contribution in [0.2, 0.25) is 0 Å². The lowest BCUT2D eigenvalue weighted by Gasteiger charge is -2.20. The molecule has 4 nitrogen and oxygen atoms in total. The highest BCUT2D eigenvalue weighted by molar-refractivity contribution is 5.67. The number of hydrogen-bond acceptors (Lipinski definition) is 3. The third-order valence-electron chi connectivity index (χ3n) is 1.64. The highest BCUT2D eigenvalue weighted by Gasteiger charge is 2.20. The fourth-order valence-electron chi connectivity index (χ4n) is 0.908. The summed E-state index contributed by atoms with van der Waals surface area (Å²) in [5, 5.41) is 2.31. The maximum Gasteiger partial charge on any atom is 0.407 e. The Balaban J connectivity index is 3.81. The van der Waals surface area contributed by atoms with Crippen LogP contribution in [-0.4, -0.2) is 31.0 Å². The molecule has 0 spiro atoms. The first-order valence-corrected chi connectivity index (χ1v) is 4.96. The van der Waals surface area contributed by atoms with Gasteiger partial charge in [-0.25, -0.2) is 13.6 Å². The Hall–Kier alpha value is -1.20. The Morgan fingerprint density at radius 3 is 2.38 bits per heavy atom. The summed E-state index contributed by atoms with van der Waals surface area (Å²) in [6.07, 6.45) is -3.27. The van der Waals surface area contributed by atoms with Crippen LogP contribution in [0.3, 0.4) is 0 Å². The van der Waals surface area contributed by atoms with Crippen LogP contribution in [0.5, 0.6) is 0 Å². The lowest BCUT2D eigenvalue weighted by atomic mass is 10.1. The Bertz CT molecular complexity index is 239. The second-order valence-electron chi connectivity index (χ2n) is 4.35. The lowest BCUT2D eigenvalue weighted by molar-refractivity contribution is -0.115. The molecule has 0 heterocycles. The molecule has 94 valence electrons. The van der Waals surface area contributed by atoms with Crippen LogP contribution in [0.1, 0.15) is 27.2 Å². The molecule has 16 heavy (non-hydrogen) atoms. The largest absolute Gasteiger partial charge is 0.444 e. The van der Waals surface area contributed by atoms with E-state index in [4.69, 9.17) is 4.74 Å². The van der Waals surface area contributed by atoms with Gasteiger partial charge in [-0.3, -0.25) is 0 Å². The van der Waals surface area contributed by atoms with E-state index in [-0.39, 0.29) is 19.3 Å². The predicted molar refractivity (Wildman–Crippen MR) is 54.4 cm³/mol. The summed E-state index contributed by atoms with van der Waals surface area (Å²) in [4.78, 5) is 21.3. The number of aldehydes is 1. The lowest BCUT2D eigenvalue weighted by Crippen LogP contribution is -2.34. The van der Waals surface area contributed by atoms with Gasteiger partial charge in [0.05, 0.1) is 5.92 Å². The molecule has 0 aromatic carbocycles. The predicted octanol–water partition coefficient (Wildman–Crippen LogP) is 1.98. The van der Waals surface area contributed by atoms with E-state index >= 15 is 0 Å². The molecule has 0 aromatic rings. The van der Waals surface area contributed by atoms with Gasteiger partial charge >= 0.3 is 6.09 Å². The van der Waals surface area contributed by atoms with Crippen molar-refractivity contribution >= 4 is 12.4 Å². The summed E-state index contributed by atoms with van der Waals surface area (Å²) in [7, 11) is 0. The van der Waals surface area contributed by atoms with Gasteiger partial charge in [0.1, 0.15) is 11.9 Å². The number of alkyl carbamates (subject to hydrolysis) is 1. The number of ether oxygens (including phenoxy) is 1. The monoisotopic (exact) mass is 237 g/mol. The third-order valence-corrected chi connectivity index (χ3v) is 1.64. The Kier molecular flexibility index (Phi) is 5.92. The fourth-order valence-corrected chi connectivity index (χ4v) is 0.908. The molecule has 0 fully saturated rings. The van der Waals surface area contributed by atoms with Gasteiger partial charge < -0.3 is 14.8 Å². The molecule has 0 aliphatic carbocycles. The van der Waals surface area contributed by atoms with E-state index in [9.17, 15) is 18.4 Å². The fraction of sp³-hybridized carbons (Fsp3) is 0.800. The van der Waals surface area contributed by atoms with E-state index in [1.165, 1.54) is 0 Å². The zero-order valence-electron chi connectivity index (χ0n) is 9.63. The Labute approximate surface area is 93.3 Å². The quantitative estimate of drug-likeness (QED) is 0.744. The van der Waals surface area contributed by atoms with Gasteiger partial charge in [0, 0.05) is 6.54 Å². The summed E-state index contributed by atoms with van der Waals surface area (Å²) in [6.45, 7) is 5.07. The third kappa shape index (κ3) is 7.14. The van der Waals surface area contributed by atoms with E-state index in [1.807, 2.05) is 0 Å². The minimum absolute atomic E-state index is 0.0113. The minimum atomic E-state index is -2.70. The van der Waals surface area contributed by atoms with Gasteiger partial charge in [0.15, 0.2) is 0 Å². The van der Waals surface area contributed by atoms with E-state index in [1.54, 1.807) is 20.8 Å². The molecule has 0 rings (SSSR count). The summed E-state index contributed by atoms with van der Waals surface area (Å²) in [5.41, 5.74) is -0.628. The topological polar surface area (TPSA) is 55.4 Å². The van der Waals surface area contributed by atoms with Crippen molar-refractivity contribution < 1.29 is 23.1 Å². The highest BCUT2D eigenvalue weighted by Crippen LogP contribution is 2.11. The molecule has 0 saturated carbocycles. The molecular weight excluding hydrogens is 220 g/mol. The zero-order chi connectivity index (χ0) is 12.8. The Morgan fingerprint density at radius 2 is 2.00 bits per heavy atom. The number of rotatable bonds is 5. The van der Waals surface area contributed by atoms with Crippen LogP contribution in [0, 0.1) is 5.92 Å². The molecule has 0 aromatic heterocycles. The molecule has 1 atom stereocenters. The van der Waals surface area contributed by atoms with Gasteiger partial charge in [-0.1, -0.05) is 0 Å². The minimum Gasteiger partial charge on any atom is -0.444 e. The van der Waals surface area contributed by atoms with Crippen LogP contribution >= 0.6 is 0 Å². The van der Waals surface area contributed by atoms with Crippen molar-refractivity contribution in [3.05, 3.63) is 0 Å². The second kappa shape index (κ2) is 6.40. The van der Waals surface area contributed by atoms with Crippen molar-refractivity contribution in [2.45, 2.75) is 39.2 Å². The second-order valence-corrected chi connectivity index (χ2v) is 4.35. The molecule has 0 bridgehead atoms. The van der Waals surface area contributed by atoms with Crippen molar-refractivity contribution in [2.24, 2.45) is 5.92 Å². The number of amides is 1. The number of nitrogens with one attached hydrogen (secondary N) is 1. The smallest absolute Gasteiger partial charge is 0.407 e. The summed E-state index contributed by atoms with van der Waals surface area (Å²) >= 11 is 0. The van der Waals surface area contributed by atoms with Crippen molar-refractivity contribution in [2.75, 3.05) is 6.54 Å². The van der Waals surface area contributed by atoms with Crippen molar-refractivity contribution in [1.82, 2.24) is 5.32 Å². The van der Waals surface area contributed by atoms with Gasteiger partial charge in [-0.05, 0) is 27.2 Å².